The number of nitrogens with two attached hydrogens (primary N) is 1. The van der Waals surface area contributed by atoms with Crippen LogP contribution < -0.4 is 16.6 Å². The van der Waals surface area contributed by atoms with Crippen molar-refractivity contribution in [1.29, 1.82) is 0 Å². The van der Waals surface area contributed by atoms with Gasteiger partial charge in [0.25, 0.3) is 5.91 Å². The molecular formula is C13H15N5O. The van der Waals surface area contributed by atoms with Crippen LogP contribution in [0.3, 0.4) is 0 Å². The van der Waals surface area contributed by atoms with Crippen LogP contribution in [0.1, 0.15) is 21.6 Å². The molecule has 1 aromatic heterocycles. The van der Waals surface area contributed by atoms with Gasteiger partial charge in [0, 0.05) is 11.8 Å². The summed E-state index contributed by atoms with van der Waals surface area (Å²) in [5.74, 6) is 5.19. The van der Waals surface area contributed by atoms with Crippen LogP contribution in [0.5, 0.6) is 0 Å². The Morgan fingerprint density at radius 2 is 2.21 bits per heavy atom. The summed E-state index contributed by atoms with van der Waals surface area (Å²) in [5.41, 5.74) is 5.58. The lowest BCUT2D eigenvalue weighted by atomic mass is 10.1. The molecule has 0 aliphatic carbocycles. The van der Waals surface area contributed by atoms with Crippen molar-refractivity contribution < 1.29 is 4.79 Å². The van der Waals surface area contributed by atoms with Crippen LogP contribution in [0, 0.1) is 6.92 Å². The van der Waals surface area contributed by atoms with Gasteiger partial charge in [-0.3, -0.25) is 10.6 Å². The Hall–Kier alpha value is -2.47. The van der Waals surface area contributed by atoms with E-state index >= 15 is 0 Å². The number of nitrogens with one attached hydrogen (secondary N) is 2. The van der Waals surface area contributed by atoms with Crippen LogP contribution in [-0.2, 0) is 6.54 Å². The number of hydrogen-bond donors (Lipinski definition) is 3. The number of anilines is 1. The maximum Gasteiger partial charge on any atom is 0.251 e. The molecule has 0 saturated heterocycles. The molecule has 0 unspecified atom stereocenters. The van der Waals surface area contributed by atoms with Crippen LogP contribution in [0.15, 0.2) is 36.5 Å². The number of aryl methyl sites for hydroxylation is 1. The van der Waals surface area contributed by atoms with Gasteiger partial charge in [0.05, 0.1) is 17.9 Å². The lowest BCUT2D eigenvalue weighted by Gasteiger charge is -2.08. The fourth-order valence-corrected chi connectivity index (χ4v) is 1.67. The molecule has 0 saturated carbocycles. The zero-order chi connectivity index (χ0) is 13.7. The first kappa shape index (κ1) is 13.0. The minimum atomic E-state index is -0.155. The second kappa shape index (κ2) is 5.92. The fourth-order valence-electron chi connectivity index (χ4n) is 1.67. The van der Waals surface area contributed by atoms with Crippen molar-refractivity contribution in [3.8, 4) is 0 Å². The van der Waals surface area contributed by atoms with Crippen LogP contribution in [0.2, 0.25) is 0 Å². The minimum absolute atomic E-state index is 0.155. The van der Waals surface area contributed by atoms with Crippen molar-refractivity contribution in [3.05, 3.63) is 53.3 Å². The summed E-state index contributed by atoms with van der Waals surface area (Å²) < 4.78 is 0. The summed E-state index contributed by atoms with van der Waals surface area (Å²) in [6.07, 6.45) is 1.59. The number of benzene rings is 1. The lowest BCUT2D eigenvalue weighted by molar-refractivity contribution is 0.0950. The first-order valence-electron chi connectivity index (χ1n) is 5.83. The Labute approximate surface area is 111 Å². The average molecular weight is 257 g/mol. The molecule has 0 bridgehead atoms. The van der Waals surface area contributed by atoms with Gasteiger partial charge < -0.3 is 10.7 Å². The highest BCUT2D eigenvalue weighted by Crippen LogP contribution is 2.15. The van der Waals surface area contributed by atoms with Crippen LogP contribution in [0.25, 0.3) is 0 Å². The third-order valence-electron chi connectivity index (χ3n) is 2.70. The third kappa shape index (κ3) is 3.26. The normalized spacial score (nSPS) is 10.0. The predicted octanol–water partition coefficient (Wildman–Crippen LogP) is 1.00. The highest BCUT2D eigenvalue weighted by Gasteiger charge is 2.07. The second-order valence-electron chi connectivity index (χ2n) is 4.07. The molecule has 0 aliphatic heterocycles. The number of aromatic nitrogens is 2. The van der Waals surface area contributed by atoms with E-state index in [-0.39, 0.29) is 5.91 Å². The number of nitrogens with zero attached hydrogens (tertiary/aromatic N) is 2. The van der Waals surface area contributed by atoms with Gasteiger partial charge in [-0.1, -0.05) is 0 Å². The Bertz CT molecular complexity index is 571. The quantitative estimate of drug-likeness (QED) is 0.561. The smallest absolute Gasteiger partial charge is 0.251 e. The highest BCUT2D eigenvalue weighted by molar-refractivity contribution is 5.94. The van der Waals surface area contributed by atoms with Gasteiger partial charge >= 0.3 is 0 Å². The molecule has 0 aliphatic rings. The number of nitrogen functional groups attached to an aromatic ring is 1. The van der Waals surface area contributed by atoms with Crippen LogP contribution >= 0.6 is 0 Å². The summed E-state index contributed by atoms with van der Waals surface area (Å²) in [4.78, 5) is 12.0. The van der Waals surface area contributed by atoms with E-state index in [0.717, 1.165) is 11.3 Å². The topological polar surface area (TPSA) is 92.9 Å². The molecular weight excluding hydrogens is 242 g/mol. The molecule has 0 atom stereocenters. The molecule has 6 nitrogen and oxygen atoms in total. The standard InChI is InChI=1S/C13H15N5O/c1-9-7-10(4-5-12(9)17-14)13(19)15-8-11-3-2-6-16-18-11/h2-7,17H,8,14H2,1H3,(H,15,19). The fraction of sp³-hybridized carbons (Fsp3) is 0.154. The average Bonchev–Trinajstić information content (AvgIpc) is 2.45. The maximum absolute atomic E-state index is 12.0. The molecule has 0 spiro atoms. The van der Waals surface area contributed by atoms with E-state index in [1.165, 1.54) is 0 Å². The molecule has 0 radical (unpaired) electrons. The number of hydrogen-bond acceptors (Lipinski definition) is 5. The molecule has 98 valence electrons. The van der Waals surface area contributed by atoms with E-state index in [4.69, 9.17) is 5.84 Å². The monoisotopic (exact) mass is 257 g/mol. The van der Waals surface area contributed by atoms with Gasteiger partial charge in [-0.25, -0.2) is 0 Å². The SMILES string of the molecule is Cc1cc(C(=O)NCc2cccnn2)ccc1NN. The van der Waals surface area contributed by atoms with Crippen molar-refractivity contribution in [3.63, 3.8) is 0 Å². The Morgan fingerprint density at radius 3 is 2.84 bits per heavy atom. The minimum Gasteiger partial charge on any atom is -0.346 e. The number of rotatable bonds is 4. The summed E-state index contributed by atoms with van der Waals surface area (Å²) >= 11 is 0. The van der Waals surface area contributed by atoms with Crippen molar-refractivity contribution in [2.75, 3.05) is 5.43 Å². The molecule has 4 N–H and O–H groups in total. The number of amides is 1. The first-order chi connectivity index (χ1) is 9.20. The van der Waals surface area contributed by atoms with E-state index in [1.54, 1.807) is 36.5 Å². The number of carbonyl (C=O) groups is 1. The third-order valence-corrected chi connectivity index (χ3v) is 2.70. The van der Waals surface area contributed by atoms with Crippen molar-refractivity contribution >= 4 is 11.6 Å². The molecule has 0 fully saturated rings. The molecule has 1 heterocycles. The van der Waals surface area contributed by atoms with E-state index in [2.05, 4.69) is 20.9 Å². The van der Waals surface area contributed by atoms with Crippen LogP contribution in [0.4, 0.5) is 5.69 Å². The largest absolute Gasteiger partial charge is 0.346 e. The molecule has 1 aromatic carbocycles. The first-order valence-corrected chi connectivity index (χ1v) is 5.83. The molecule has 6 heteroatoms. The van der Waals surface area contributed by atoms with Gasteiger partial charge in [0.2, 0.25) is 0 Å². The zero-order valence-electron chi connectivity index (χ0n) is 10.6. The van der Waals surface area contributed by atoms with Gasteiger partial charge in [-0.15, -0.1) is 0 Å². The van der Waals surface area contributed by atoms with E-state index in [0.29, 0.717) is 17.8 Å². The number of hydrazine groups is 1. The van der Waals surface area contributed by atoms with Crippen molar-refractivity contribution in [2.24, 2.45) is 5.84 Å². The predicted molar refractivity (Wildman–Crippen MR) is 72.2 cm³/mol. The van der Waals surface area contributed by atoms with E-state index in [9.17, 15) is 4.79 Å². The number of carbonyl (C=O) groups excluding carboxylic acids is 1. The summed E-state index contributed by atoms with van der Waals surface area (Å²) in [5, 5.41) is 10.4. The van der Waals surface area contributed by atoms with Gasteiger partial charge in [0.15, 0.2) is 0 Å². The van der Waals surface area contributed by atoms with Gasteiger partial charge in [0.1, 0.15) is 0 Å². The molecule has 2 rings (SSSR count). The van der Waals surface area contributed by atoms with Crippen LogP contribution in [-0.4, -0.2) is 16.1 Å². The molecule has 1 amide bonds. The Morgan fingerprint density at radius 1 is 1.37 bits per heavy atom. The van der Waals surface area contributed by atoms with E-state index < -0.39 is 0 Å². The van der Waals surface area contributed by atoms with E-state index in [1.807, 2.05) is 6.92 Å². The summed E-state index contributed by atoms with van der Waals surface area (Å²) in [6.45, 7) is 2.23. The Balaban J connectivity index is 2.02. The molecule has 19 heavy (non-hydrogen) atoms. The van der Waals surface area contributed by atoms with Crippen molar-refractivity contribution in [1.82, 2.24) is 15.5 Å². The molecule has 2 aromatic rings. The van der Waals surface area contributed by atoms with Crippen molar-refractivity contribution in [2.45, 2.75) is 13.5 Å². The highest BCUT2D eigenvalue weighted by atomic mass is 16.1. The zero-order valence-corrected chi connectivity index (χ0v) is 10.6. The summed E-state index contributed by atoms with van der Waals surface area (Å²) in [6, 6.07) is 8.85. The Kier molecular flexibility index (Phi) is 4.04. The van der Waals surface area contributed by atoms with Gasteiger partial charge in [-0.05, 0) is 42.8 Å². The second-order valence-corrected chi connectivity index (χ2v) is 4.07. The lowest BCUT2D eigenvalue weighted by Crippen LogP contribution is -2.23. The summed E-state index contributed by atoms with van der Waals surface area (Å²) in [7, 11) is 0. The maximum atomic E-state index is 12.0. The van der Waals surface area contributed by atoms with Gasteiger partial charge in [-0.2, -0.15) is 10.2 Å².